The molecular formula is C11H20N2O2. The van der Waals surface area contributed by atoms with Crippen LogP contribution in [0.2, 0.25) is 0 Å². The minimum atomic E-state index is -0.185. The van der Waals surface area contributed by atoms with Gasteiger partial charge in [0.1, 0.15) is 6.10 Å². The van der Waals surface area contributed by atoms with E-state index < -0.39 is 0 Å². The highest BCUT2D eigenvalue weighted by Crippen LogP contribution is 2.14. The second kappa shape index (κ2) is 4.94. The maximum Gasteiger partial charge on any atom is 0.249 e. The van der Waals surface area contributed by atoms with Gasteiger partial charge in [0.05, 0.1) is 0 Å². The predicted octanol–water partition coefficient (Wildman–Crippen LogP) is 0.422. The molecule has 0 saturated carbocycles. The molecule has 0 radical (unpaired) electrons. The van der Waals surface area contributed by atoms with Gasteiger partial charge in [0, 0.05) is 18.7 Å². The summed E-state index contributed by atoms with van der Waals surface area (Å²) in [5.41, 5.74) is 0. The lowest BCUT2D eigenvalue weighted by atomic mass is 10.0. The first-order valence-electron chi connectivity index (χ1n) is 5.91. The van der Waals surface area contributed by atoms with E-state index in [2.05, 4.69) is 17.6 Å². The van der Waals surface area contributed by atoms with E-state index in [-0.39, 0.29) is 12.0 Å². The number of amides is 1. The molecular weight excluding hydrogens is 192 g/mol. The average Bonchev–Trinajstić information content (AvgIpc) is 2.70. The van der Waals surface area contributed by atoms with Crippen molar-refractivity contribution >= 4 is 5.91 Å². The van der Waals surface area contributed by atoms with Crippen LogP contribution >= 0.6 is 0 Å². The van der Waals surface area contributed by atoms with E-state index in [9.17, 15) is 4.79 Å². The number of carbonyl (C=O) groups is 1. The highest BCUT2D eigenvalue weighted by atomic mass is 16.5. The third-order valence-electron chi connectivity index (χ3n) is 3.19. The van der Waals surface area contributed by atoms with Gasteiger partial charge in [-0.25, -0.2) is 0 Å². The Morgan fingerprint density at radius 1 is 1.47 bits per heavy atom. The van der Waals surface area contributed by atoms with E-state index in [1.807, 2.05) is 0 Å². The number of rotatable bonds is 2. The van der Waals surface area contributed by atoms with Crippen LogP contribution in [-0.2, 0) is 9.53 Å². The molecule has 0 aromatic carbocycles. The summed E-state index contributed by atoms with van der Waals surface area (Å²) < 4.78 is 5.36. The molecule has 0 spiro atoms. The monoisotopic (exact) mass is 212 g/mol. The Balaban J connectivity index is 1.77. The fourth-order valence-corrected chi connectivity index (χ4v) is 2.34. The number of piperidine rings is 1. The molecule has 2 aliphatic rings. The first kappa shape index (κ1) is 10.9. The fourth-order valence-electron chi connectivity index (χ4n) is 2.34. The third-order valence-corrected chi connectivity index (χ3v) is 3.19. The van der Waals surface area contributed by atoms with E-state index in [1.54, 1.807) is 0 Å². The standard InChI is InChI=1S/C11H20N2O2/c1-8-7-9(4-5-12-8)13-11(14)10-3-2-6-15-10/h8-10,12H,2-7H2,1H3,(H,13,14). The van der Waals surface area contributed by atoms with Gasteiger partial charge in [0.25, 0.3) is 0 Å². The van der Waals surface area contributed by atoms with Crippen molar-refractivity contribution in [2.24, 2.45) is 0 Å². The SMILES string of the molecule is CC1CC(NC(=O)C2CCCO2)CCN1. The van der Waals surface area contributed by atoms with Crippen LogP contribution < -0.4 is 10.6 Å². The first-order valence-corrected chi connectivity index (χ1v) is 5.91. The molecule has 4 nitrogen and oxygen atoms in total. The Hall–Kier alpha value is -0.610. The zero-order valence-corrected chi connectivity index (χ0v) is 9.29. The van der Waals surface area contributed by atoms with Crippen LogP contribution in [0.4, 0.5) is 0 Å². The molecule has 1 amide bonds. The first-order chi connectivity index (χ1) is 7.25. The summed E-state index contributed by atoms with van der Waals surface area (Å²) in [6.07, 6.45) is 3.77. The maximum atomic E-state index is 11.8. The lowest BCUT2D eigenvalue weighted by molar-refractivity contribution is -0.131. The van der Waals surface area contributed by atoms with Crippen LogP contribution in [0.3, 0.4) is 0 Å². The van der Waals surface area contributed by atoms with Crippen molar-refractivity contribution < 1.29 is 9.53 Å². The van der Waals surface area contributed by atoms with E-state index in [1.165, 1.54) is 0 Å². The normalized spacial score (nSPS) is 36.5. The fraction of sp³-hybridized carbons (Fsp3) is 0.909. The van der Waals surface area contributed by atoms with Crippen molar-refractivity contribution in [3.8, 4) is 0 Å². The second-order valence-electron chi connectivity index (χ2n) is 4.59. The van der Waals surface area contributed by atoms with E-state index in [0.717, 1.165) is 38.8 Å². The van der Waals surface area contributed by atoms with Crippen LogP contribution in [0.1, 0.15) is 32.6 Å². The Morgan fingerprint density at radius 2 is 2.33 bits per heavy atom. The minimum absolute atomic E-state index is 0.0894. The molecule has 3 atom stereocenters. The van der Waals surface area contributed by atoms with Crippen molar-refractivity contribution in [2.45, 2.75) is 50.8 Å². The summed E-state index contributed by atoms with van der Waals surface area (Å²) in [5, 5.41) is 6.46. The summed E-state index contributed by atoms with van der Waals surface area (Å²) in [5.74, 6) is 0.0894. The molecule has 0 aromatic rings. The Bertz CT molecular complexity index is 227. The topological polar surface area (TPSA) is 50.4 Å². The zero-order valence-electron chi connectivity index (χ0n) is 9.29. The van der Waals surface area contributed by atoms with E-state index >= 15 is 0 Å². The molecule has 2 heterocycles. The Kier molecular flexibility index (Phi) is 3.59. The molecule has 0 aromatic heterocycles. The third kappa shape index (κ3) is 2.92. The summed E-state index contributed by atoms with van der Waals surface area (Å²) >= 11 is 0. The van der Waals surface area contributed by atoms with Crippen molar-refractivity contribution in [1.82, 2.24) is 10.6 Å². The minimum Gasteiger partial charge on any atom is -0.368 e. The Labute approximate surface area is 90.8 Å². The van der Waals surface area contributed by atoms with Gasteiger partial charge in [-0.3, -0.25) is 4.79 Å². The van der Waals surface area contributed by atoms with E-state index in [4.69, 9.17) is 4.74 Å². The maximum absolute atomic E-state index is 11.8. The predicted molar refractivity (Wildman–Crippen MR) is 57.6 cm³/mol. The van der Waals surface area contributed by atoms with Crippen molar-refractivity contribution in [3.05, 3.63) is 0 Å². The molecule has 2 saturated heterocycles. The molecule has 15 heavy (non-hydrogen) atoms. The lowest BCUT2D eigenvalue weighted by Gasteiger charge is -2.29. The van der Waals surface area contributed by atoms with Gasteiger partial charge in [-0.2, -0.15) is 0 Å². The number of hydrogen-bond acceptors (Lipinski definition) is 3. The van der Waals surface area contributed by atoms with Gasteiger partial charge in [-0.05, 0) is 39.2 Å². The van der Waals surface area contributed by atoms with Crippen LogP contribution in [0.25, 0.3) is 0 Å². The molecule has 86 valence electrons. The smallest absolute Gasteiger partial charge is 0.249 e. The molecule has 0 aliphatic carbocycles. The second-order valence-corrected chi connectivity index (χ2v) is 4.59. The highest BCUT2D eigenvalue weighted by molar-refractivity contribution is 5.81. The number of hydrogen-bond donors (Lipinski definition) is 2. The summed E-state index contributed by atoms with van der Waals surface area (Å²) in [7, 11) is 0. The van der Waals surface area contributed by atoms with Gasteiger partial charge < -0.3 is 15.4 Å². The van der Waals surface area contributed by atoms with Gasteiger partial charge in [-0.1, -0.05) is 0 Å². The number of carbonyl (C=O) groups excluding carboxylic acids is 1. The average molecular weight is 212 g/mol. The molecule has 2 fully saturated rings. The number of nitrogens with one attached hydrogen (secondary N) is 2. The molecule has 3 unspecified atom stereocenters. The lowest BCUT2D eigenvalue weighted by Crippen LogP contribution is -2.49. The van der Waals surface area contributed by atoms with Gasteiger partial charge >= 0.3 is 0 Å². The van der Waals surface area contributed by atoms with Crippen molar-refractivity contribution in [2.75, 3.05) is 13.2 Å². The summed E-state index contributed by atoms with van der Waals surface area (Å²) in [4.78, 5) is 11.8. The summed E-state index contributed by atoms with van der Waals surface area (Å²) in [6, 6.07) is 0.839. The van der Waals surface area contributed by atoms with Gasteiger partial charge in [-0.15, -0.1) is 0 Å². The molecule has 2 N–H and O–H groups in total. The van der Waals surface area contributed by atoms with Gasteiger partial charge in [0.2, 0.25) is 5.91 Å². The highest BCUT2D eigenvalue weighted by Gasteiger charge is 2.27. The van der Waals surface area contributed by atoms with Gasteiger partial charge in [0.15, 0.2) is 0 Å². The molecule has 0 bridgehead atoms. The van der Waals surface area contributed by atoms with Crippen molar-refractivity contribution in [1.29, 1.82) is 0 Å². The van der Waals surface area contributed by atoms with Crippen LogP contribution in [0.5, 0.6) is 0 Å². The molecule has 4 heteroatoms. The van der Waals surface area contributed by atoms with E-state index in [0.29, 0.717) is 12.1 Å². The van der Waals surface area contributed by atoms with Crippen LogP contribution in [-0.4, -0.2) is 37.2 Å². The Morgan fingerprint density at radius 3 is 3.00 bits per heavy atom. The molecule has 2 rings (SSSR count). The van der Waals surface area contributed by atoms with Crippen LogP contribution in [0, 0.1) is 0 Å². The quantitative estimate of drug-likeness (QED) is 0.697. The zero-order chi connectivity index (χ0) is 10.7. The number of ether oxygens (including phenoxy) is 1. The van der Waals surface area contributed by atoms with Crippen LogP contribution in [0.15, 0.2) is 0 Å². The largest absolute Gasteiger partial charge is 0.368 e. The molecule has 2 aliphatic heterocycles. The van der Waals surface area contributed by atoms with Crippen molar-refractivity contribution in [3.63, 3.8) is 0 Å². The summed E-state index contributed by atoms with van der Waals surface area (Å²) in [6.45, 7) is 3.89.